The molecule has 2 heterocycles. The van der Waals surface area contributed by atoms with E-state index < -0.39 is 0 Å². The van der Waals surface area contributed by atoms with Gasteiger partial charge in [-0.15, -0.1) is 0 Å². The molecule has 0 aliphatic carbocycles. The molecule has 3 rings (SSSR count). The SMILES string of the molecule is CC(=O)N1CCC2(C=Cc3cc(Cl)c(C)cc3O2)CC1. The smallest absolute Gasteiger partial charge is 0.219 e. The highest BCUT2D eigenvalue weighted by atomic mass is 35.5. The Morgan fingerprint density at radius 3 is 2.70 bits per heavy atom. The number of ether oxygens (including phenoxy) is 1. The maximum Gasteiger partial charge on any atom is 0.219 e. The molecule has 1 saturated heterocycles. The van der Waals surface area contributed by atoms with Crippen LogP contribution in [0.15, 0.2) is 18.2 Å². The number of hydrogen-bond donors (Lipinski definition) is 0. The van der Waals surface area contributed by atoms with Crippen molar-refractivity contribution in [2.24, 2.45) is 0 Å². The molecule has 0 N–H and O–H groups in total. The first-order chi connectivity index (χ1) is 9.49. The summed E-state index contributed by atoms with van der Waals surface area (Å²) in [5, 5.41) is 0.763. The van der Waals surface area contributed by atoms with Crippen molar-refractivity contribution in [2.75, 3.05) is 13.1 Å². The second kappa shape index (κ2) is 4.81. The van der Waals surface area contributed by atoms with Crippen molar-refractivity contribution in [3.63, 3.8) is 0 Å². The number of carbonyl (C=O) groups excluding carboxylic acids is 1. The Bertz CT molecular complexity index is 586. The maximum atomic E-state index is 11.4. The summed E-state index contributed by atoms with van der Waals surface area (Å²) in [5.74, 6) is 1.04. The molecule has 1 aromatic rings. The molecule has 20 heavy (non-hydrogen) atoms. The van der Waals surface area contributed by atoms with E-state index in [2.05, 4.69) is 12.2 Å². The summed E-state index contributed by atoms with van der Waals surface area (Å²) in [6.07, 6.45) is 5.89. The van der Waals surface area contributed by atoms with Crippen LogP contribution in [0, 0.1) is 6.92 Å². The molecule has 1 amide bonds. The van der Waals surface area contributed by atoms with E-state index in [4.69, 9.17) is 16.3 Å². The zero-order valence-electron chi connectivity index (χ0n) is 11.8. The lowest BCUT2D eigenvalue weighted by Crippen LogP contribution is -2.48. The number of amides is 1. The number of halogens is 1. The van der Waals surface area contributed by atoms with Gasteiger partial charge in [-0.25, -0.2) is 0 Å². The van der Waals surface area contributed by atoms with Crippen molar-refractivity contribution in [1.29, 1.82) is 0 Å². The minimum atomic E-state index is -0.265. The average Bonchev–Trinajstić information content (AvgIpc) is 2.41. The molecule has 3 nitrogen and oxygen atoms in total. The molecule has 106 valence electrons. The van der Waals surface area contributed by atoms with Gasteiger partial charge in [0.15, 0.2) is 0 Å². The topological polar surface area (TPSA) is 29.5 Å². The number of fused-ring (bicyclic) bond motifs is 1. The van der Waals surface area contributed by atoms with Crippen LogP contribution in [0.3, 0.4) is 0 Å². The van der Waals surface area contributed by atoms with E-state index in [1.54, 1.807) is 6.92 Å². The second-order valence-electron chi connectivity index (χ2n) is 5.65. The van der Waals surface area contributed by atoms with Crippen LogP contribution in [-0.2, 0) is 4.79 Å². The number of rotatable bonds is 0. The third kappa shape index (κ3) is 2.31. The molecular weight excluding hydrogens is 274 g/mol. The lowest BCUT2D eigenvalue weighted by Gasteiger charge is -2.41. The molecule has 0 saturated carbocycles. The highest BCUT2D eigenvalue weighted by Gasteiger charge is 2.37. The van der Waals surface area contributed by atoms with E-state index in [0.717, 1.165) is 47.8 Å². The van der Waals surface area contributed by atoms with Crippen molar-refractivity contribution in [3.05, 3.63) is 34.4 Å². The fourth-order valence-electron chi connectivity index (χ4n) is 2.85. The normalized spacial score (nSPS) is 19.6. The van der Waals surface area contributed by atoms with Crippen LogP contribution in [0.5, 0.6) is 5.75 Å². The third-order valence-electron chi connectivity index (χ3n) is 4.23. The van der Waals surface area contributed by atoms with Gasteiger partial charge >= 0.3 is 0 Å². The Balaban J connectivity index is 1.83. The van der Waals surface area contributed by atoms with E-state index in [1.165, 1.54) is 0 Å². The van der Waals surface area contributed by atoms with Gasteiger partial charge in [0.25, 0.3) is 0 Å². The van der Waals surface area contributed by atoms with Gasteiger partial charge in [-0.2, -0.15) is 0 Å². The summed E-state index contributed by atoms with van der Waals surface area (Å²) in [6.45, 7) is 5.11. The molecule has 0 atom stereocenters. The van der Waals surface area contributed by atoms with Gasteiger partial charge in [0.1, 0.15) is 11.4 Å². The van der Waals surface area contributed by atoms with Gasteiger partial charge in [0.05, 0.1) is 0 Å². The van der Waals surface area contributed by atoms with Gasteiger partial charge in [0.2, 0.25) is 5.91 Å². The molecular formula is C16H18ClNO2. The molecule has 0 radical (unpaired) electrons. The first-order valence-electron chi connectivity index (χ1n) is 6.93. The van der Waals surface area contributed by atoms with Gasteiger partial charge in [-0.3, -0.25) is 4.79 Å². The monoisotopic (exact) mass is 291 g/mol. The van der Waals surface area contributed by atoms with Gasteiger partial charge in [-0.05, 0) is 30.7 Å². The van der Waals surface area contributed by atoms with Crippen LogP contribution in [0.1, 0.15) is 30.9 Å². The summed E-state index contributed by atoms with van der Waals surface area (Å²) in [4.78, 5) is 13.3. The quantitative estimate of drug-likeness (QED) is 0.733. The largest absolute Gasteiger partial charge is 0.482 e. The first-order valence-corrected chi connectivity index (χ1v) is 7.31. The van der Waals surface area contributed by atoms with Crippen molar-refractivity contribution in [1.82, 2.24) is 4.90 Å². The fraction of sp³-hybridized carbons (Fsp3) is 0.438. The summed E-state index contributed by atoms with van der Waals surface area (Å²) in [7, 11) is 0. The number of hydrogen-bond acceptors (Lipinski definition) is 2. The van der Waals surface area contributed by atoms with E-state index in [1.807, 2.05) is 24.0 Å². The van der Waals surface area contributed by atoms with Gasteiger partial charge in [0, 0.05) is 43.4 Å². The maximum absolute atomic E-state index is 11.4. The number of piperidine rings is 1. The Morgan fingerprint density at radius 1 is 1.35 bits per heavy atom. The van der Waals surface area contributed by atoms with Gasteiger partial charge < -0.3 is 9.64 Å². The predicted octanol–water partition coefficient (Wildman–Crippen LogP) is 3.44. The van der Waals surface area contributed by atoms with Crippen molar-refractivity contribution >= 4 is 23.6 Å². The fourth-order valence-corrected chi connectivity index (χ4v) is 3.02. The van der Waals surface area contributed by atoms with E-state index in [0.29, 0.717) is 0 Å². The Hall–Kier alpha value is -1.48. The molecule has 0 bridgehead atoms. The predicted molar refractivity (Wildman–Crippen MR) is 80.1 cm³/mol. The molecule has 0 aromatic heterocycles. The highest BCUT2D eigenvalue weighted by molar-refractivity contribution is 6.31. The Morgan fingerprint density at radius 2 is 2.05 bits per heavy atom. The van der Waals surface area contributed by atoms with Crippen LogP contribution in [-0.4, -0.2) is 29.5 Å². The molecule has 2 aliphatic rings. The molecule has 1 fully saturated rings. The standard InChI is InChI=1S/C16H18ClNO2/c1-11-9-15-13(10-14(11)17)3-4-16(20-15)5-7-18(8-6-16)12(2)19/h3-4,9-10H,5-8H2,1-2H3. The highest BCUT2D eigenvalue weighted by Crippen LogP contribution is 2.39. The van der Waals surface area contributed by atoms with E-state index >= 15 is 0 Å². The van der Waals surface area contributed by atoms with Crippen LogP contribution in [0.2, 0.25) is 5.02 Å². The van der Waals surface area contributed by atoms with Crippen LogP contribution in [0.4, 0.5) is 0 Å². The average molecular weight is 292 g/mol. The minimum absolute atomic E-state index is 0.141. The lowest BCUT2D eigenvalue weighted by molar-refractivity contribution is -0.131. The molecule has 2 aliphatic heterocycles. The molecule has 4 heteroatoms. The number of nitrogens with zero attached hydrogens (tertiary/aromatic N) is 1. The summed E-state index contributed by atoms with van der Waals surface area (Å²) < 4.78 is 6.24. The number of benzene rings is 1. The lowest BCUT2D eigenvalue weighted by atomic mass is 9.88. The summed E-state index contributed by atoms with van der Waals surface area (Å²) in [5.41, 5.74) is 1.79. The van der Waals surface area contributed by atoms with Gasteiger partial charge in [-0.1, -0.05) is 17.7 Å². The van der Waals surface area contributed by atoms with Crippen molar-refractivity contribution in [2.45, 2.75) is 32.3 Å². The van der Waals surface area contributed by atoms with Crippen LogP contribution < -0.4 is 4.74 Å². The summed E-state index contributed by atoms with van der Waals surface area (Å²) in [6, 6.07) is 3.94. The molecule has 0 unspecified atom stereocenters. The zero-order chi connectivity index (χ0) is 14.3. The summed E-state index contributed by atoms with van der Waals surface area (Å²) >= 11 is 6.14. The first kappa shape index (κ1) is 13.5. The molecule has 1 aromatic carbocycles. The Labute approximate surface area is 124 Å². The van der Waals surface area contributed by atoms with Crippen molar-refractivity contribution in [3.8, 4) is 5.75 Å². The second-order valence-corrected chi connectivity index (χ2v) is 6.05. The molecule has 1 spiro atoms. The van der Waals surface area contributed by atoms with Crippen LogP contribution >= 0.6 is 11.6 Å². The van der Waals surface area contributed by atoms with E-state index in [-0.39, 0.29) is 11.5 Å². The number of likely N-dealkylation sites (tertiary alicyclic amines) is 1. The van der Waals surface area contributed by atoms with Crippen LogP contribution in [0.25, 0.3) is 6.08 Å². The third-order valence-corrected chi connectivity index (χ3v) is 4.63. The number of aryl methyl sites for hydroxylation is 1. The van der Waals surface area contributed by atoms with E-state index in [9.17, 15) is 4.79 Å². The Kier molecular flexibility index (Phi) is 3.25. The number of carbonyl (C=O) groups is 1. The minimum Gasteiger partial charge on any atom is -0.482 e. The van der Waals surface area contributed by atoms with Crippen molar-refractivity contribution < 1.29 is 9.53 Å². The zero-order valence-corrected chi connectivity index (χ0v) is 12.5.